The molecule has 0 spiro atoms. The summed E-state index contributed by atoms with van der Waals surface area (Å²) in [7, 11) is -4.07. The Bertz CT molecular complexity index is 914. The zero-order valence-electron chi connectivity index (χ0n) is 12.8. The fourth-order valence-corrected chi connectivity index (χ4v) is 4.04. The highest BCUT2D eigenvalue weighted by atomic mass is 32.2. The second-order valence-electron chi connectivity index (χ2n) is 4.98. The number of hydrogen-bond donors (Lipinski definition) is 3. The van der Waals surface area contributed by atoms with Crippen LogP contribution in [0.2, 0.25) is 0 Å². The topological polar surface area (TPSA) is 112 Å². The molecule has 124 valence electrons. The summed E-state index contributed by atoms with van der Waals surface area (Å²) in [5.41, 5.74) is -0.920. The van der Waals surface area contributed by atoms with Gasteiger partial charge in [-0.3, -0.25) is 9.78 Å². The molecule has 0 amide bonds. The molecule has 23 heavy (non-hydrogen) atoms. The summed E-state index contributed by atoms with van der Waals surface area (Å²) in [6.07, 6.45) is 1.95. The van der Waals surface area contributed by atoms with Gasteiger partial charge < -0.3 is 4.98 Å². The number of rotatable bonds is 5. The molecule has 7 nitrogen and oxygen atoms in total. The van der Waals surface area contributed by atoms with Gasteiger partial charge in [-0.1, -0.05) is 12.1 Å². The lowest BCUT2D eigenvalue weighted by molar-refractivity contribution is 0.563. The van der Waals surface area contributed by atoms with E-state index in [1.807, 2.05) is 35.5 Å². The summed E-state index contributed by atoms with van der Waals surface area (Å²) in [5, 5.41) is 0. The van der Waals surface area contributed by atoms with Crippen LogP contribution in [0.3, 0.4) is 0 Å². The minimum absolute atomic E-state index is 0.00354. The molecule has 0 radical (unpaired) electrons. The van der Waals surface area contributed by atoms with Crippen LogP contribution in [0.4, 0.5) is 0 Å². The molecule has 1 aromatic carbocycles. The third-order valence-electron chi connectivity index (χ3n) is 3.29. The number of nitrogens with one attached hydrogen (secondary N) is 3. The maximum absolute atomic E-state index is 12.4. The molecule has 1 atom stereocenters. The van der Waals surface area contributed by atoms with E-state index in [0.29, 0.717) is 0 Å². The largest absolute Gasteiger partial charge is 0.325 e. The van der Waals surface area contributed by atoms with Crippen LogP contribution < -0.4 is 16.0 Å². The molecule has 0 fully saturated rings. The number of aromatic nitrogens is 2. The van der Waals surface area contributed by atoms with Crippen molar-refractivity contribution in [1.29, 1.82) is 0 Å². The fourth-order valence-electron chi connectivity index (χ4n) is 2.16. The molecule has 0 aliphatic heterocycles. The first-order chi connectivity index (χ1) is 10.7. The first-order valence-corrected chi connectivity index (χ1v) is 9.45. The van der Waals surface area contributed by atoms with Crippen LogP contribution in [0.1, 0.15) is 24.2 Å². The van der Waals surface area contributed by atoms with Gasteiger partial charge in [0.25, 0.3) is 5.56 Å². The third-order valence-corrected chi connectivity index (χ3v) is 5.73. The molecule has 0 saturated carbocycles. The number of sulfonamides is 1. The Kier molecular flexibility index (Phi) is 5.12. The van der Waals surface area contributed by atoms with E-state index in [9.17, 15) is 18.0 Å². The van der Waals surface area contributed by atoms with Crippen LogP contribution in [0, 0.1) is 6.92 Å². The van der Waals surface area contributed by atoms with Crippen molar-refractivity contribution >= 4 is 21.8 Å². The second-order valence-corrected chi connectivity index (χ2v) is 7.51. The maximum atomic E-state index is 12.4. The Hall–Kier alpha value is -1.84. The van der Waals surface area contributed by atoms with Gasteiger partial charge in [0.15, 0.2) is 4.90 Å². The van der Waals surface area contributed by atoms with Crippen LogP contribution >= 0.6 is 11.8 Å². The van der Waals surface area contributed by atoms with Crippen LogP contribution in [-0.2, 0) is 10.0 Å². The SMILES string of the molecule is CSc1ccc([C@H](C)NS(=O)(=O)c2c(C)[nH]c(=O)[nH]c2=O)cc1. The highest BCUT2D eigenvalue weighted by Gasteiger charge is 2.24. The summed E-state index contributed by atoms with van der Waals surface area (Å²) < 4.78 is 27.3. The minimum Gasteiger partial charge on any atom is -0.310 e. The predicted octanol–water partition coefficient (Wildman–Crippen LogP) is 1.13. The number of H-pyrrole nitrogens is 2. The van der Waals surface area contributed by atoms with E-state index < -0.39 is 32.2 Å². The Morgan fingerprint density at radius 2 is 1.74 bits per heavy atom. The molecule has 3 N–H and O–H groups in total. The second kappa shape index (κ2) is 6.73. The Morgan fingerprint density at radius 1 is 1.13 bits per heavy atom. The molecule has 2 aromatic rings. The molecule has 0 saturated heterocycles. The Labute approximate surface area is 137 Å². The smallest absolute Gasteiger partial charge is 0.310 e. The highest BCUT2D eigenvalue weighted by molar-refractivity contribution is 7.98. The van der Waals surface area contributed by atoms with Crippen LogP contribution in [0.5, 0.6) is 0 Å². The zero-order chi connectivity index (χ0) is 17.2. The molecule has 2 rings (SSSR count). The monoisotopic (exact) mass is 355 g/mol. The molecule has 1 aromatic heterocycles. The number of thioether (sulfide) groups is 1. The highest BCUT2D eigenvalue weighted by Crippen LogP contribution is 2.20. The van der Waals surface area contributed by atoms with Crippen molar-refractivity contribution in [2.24, 2.45) is 0 Å². The van der Waals surface area contributed by atoms with E-state index in [0.717, 1.165) is 10.5 Å². The molecule has 0 aliphatic rings. The first-order valence-electron chi connectivity index (χ1n) is 6.74. The molecular formula is C14H17N3O4S2. The van der Waals surface area contributed by atoms with Crippen molar-refractivity contribution in [2.75, 3.05) is 6.26 Å². The first kappa shape index (κ1) is 17.5. The van der Waals surface area contributed by atoms with Crippen molar-refractivity contribution < 1.29 is 8.42 Å². The van der Waals surface area contributed by atoms with Crippen molar-refractivity contribution in [2.45, 2.75) is 29.7 Å². The van der Waals surface area contributed by atoms with Gasteiger partial charge >= 0.3 is 5.69 Å². The van der Waals surface area contributed by atoms with Gasteiger partial charge in [0.1, 0.15) is 0 Å². The molecule has 1 heterocycles. The average molecular weight is 355 g/mol. The standard InChI is InChI=1S/C14H17N3O4S2/c1-8(10-4-6-11(22-3)7-5-10)17-23(20,21)12-9(2)15-14(19)16-13(12)18/h4-8,17H,1-3H3,(H2,15,16,18,19)/t8-/m0/s1. The van der Waals surface area contributed by atoms with Crippen molar-refractivity contribution in [3.8, 4) is 0 Å². The molecule has 9 heteroatoms. The quantitative estimate of drug-likeness (QED) is 0.696. The Balaban J connectivity index is 2.34. The normalized spacial score (nSPS) is 13.0. The molecule has 0 bridgehead atoms. The van der Waals surface area contributed by atoms with Gasteiger partial charge in [0.2, 0.25) is 10.0 Å². The van der Waals surface area contributed by atoms with Gasteiger partial charge in [-0.25, -0.2) is 17.9 Å². The summed E-state index contributed by atoms with van der Waals surface area (Å²) in [6.45, 7) is 3.05. The van der Waals surface area contributed by atoms with Gasteiger partial charge in [-0.15, -0.1) is 11.8 Å². The fraction of sp³-hybridized carbons (Fsp3) is 0.286. The number of aryl methyl sites for hydroxylation is 1. The molecule has 0 unspecified atom stereocenters. The minimum atomic E-state index is -4.07. The van der Waals surface area contributed by atoms with Crippen LogP contribution in [-0.4, -0.2) is 24.6 Å². The Morgan fingerprint density at radius 3 is 2.26 bits per heavy atom. The summed E-state index contributed by atoms with van der Waals surface area (Å²) in [6, 6.07) is 6.90. The van der Waals surface area contributed by atoms with E-state index in [2.05, 4.69) is 9.71 Å². The van der Waals surface area contributed by atoms with E-state index in [-0.39, 0.29) is 5.69 Å². The van der Waals surface area contributed by atoms with Crippen molar-refractivity contribution in [3.63, 3.8) is 0 Å². The van der Waals surface area contributed by atoms with Crippen molar-refractivity contribution in [3.05, 3.63) is 56.4 Å². The summed E-state index contributed by atoms with van der Waals surface area (Å²) >= 11 is 1.59. The summed E-state index contributed by atoms with van der Waals surface area (Å²) in [5.74, 6) is 0. The lowest BCUT2D eigenvalue weighted by Crippen LogP contribution is -2.35. The lowest BCUT2D eigenvalue weighted by Gasteiger charge is -2.15. The average Bonchev–Trinajstić information content (AvgIpc) is 2.45. The van der Waals surface area contributed by atoms with Gasteiger partial charge in [-0.05, 0) is 37.8 Å². The van der Waals surface area contributed by atoms with E-state index in [1.54, 1.807) is 18.7 Å². The third kappa shape index (κ3) is 3.92. The number of benzene rings is 1. The summed E-state index contributed by atoms with van der Waals surface area (Å²) in [4.78, 5) is 27.8. The zero-order valence-corrected chi connectivity index (χ0v) is 14.5. The number of hydrogen-bond acceptors (Lipinski definition) is 5. The maximum Gasteiger partial charge on any atom is 0.325 e. The number of aromatic amines is 2. The van der Waals surface area contributed by atoms with Gasteiger partial charge in [-0.2, -0.15) is 0 Å². The van der Waals surface area contributed by atoms with E-state index >= 15 is 0 Å². The van der Waals surface area contributed by atoms with Crippen LogP contribution in [0.15, 0.2) is 43.6 Å². The van der Waals surface area contributed by atoms with Gasteiger partial charge in [0, 0.05) is 16.6 Å². The van der Waals surface area contributed by atoms with E-state index in [1.165, 1.54) is 6.92 Å². The van der Waals surface area contributed by atoms with Crippen molar-refractivity contribution in [1.82, 2.24) is 14.7 Å². The van der Waals surface area contributed by atoms with Gasteiger partial charge in [0.05, 0.1) is 0 Å². The lowest BCUT2D eigenvalue weighted by atomic mass is 10.1. The molecular weight excluding hydrogens is 338 g/mol. The molecule has 0 aliphatic carbocycles. The van der Waals surface area contributed by atoms with E-state index in [4.69, 9.17) is 0 Å². The van der Waals surface area contributed by atoms with Crippen LogP contribution in [0.25, 0.3) is 0 Å². The predicted molar refractivity (Wildman–Crippen MR) is 89.4 cm³/mol.